The Balaban J connectivity index is 0.00000126. The molecule has 0 spiro atoms. The monoisotopic (exact) mass is 753 g/mol. The van der Waals surface area contributed by atoms with Crippen LogP contribution in [-0.4, -0.2) is 19.2 Å². The number of rotatable bonds is 6. The topological polar surface area (TPSA) is 16.6 Å². The first-order valence-corrected chi connectivity index (χ1v) is 13.2. The Bertz CT molecular complexity index is 1630. The summed E-state index contributed by atoms with van der Waals surface area (Å²) in [5, 5.41) is 2.25. The van der Waals surface area contributed by atoms with E-state index in [0.29, 0.717) is 0 Å². The summed E-state index contributed by atoms with van der Waals surface area (Å²) in [6.45, 7) is 6.75. The molecular formula is C28H12BF20N. The second-order valence-corrected chi connectivity index (χ2v) is 9.91. The molecule has 0 aliphatic rings. The lowest BCUT2D eigenvalue weighted by molar-refractivity contribution is -0.648. The van der Waals surface area contributed by atoms with Gasteiger partial charge >= 0.3 is 0 Å². The van der Waals surface area contributed by atoms with Gasteiger partial charge in [0.05, 0.1) is 13.1 Å². The van der Waals surface area contributed by atoms with Crippen molar-refractivity contribution >= 4 is 28.0 Å². The molecule has 272 valence electrons. The predicted octanol–water partition coefficient (Wildman–Crippen LogP) is 5.44. The zero-order chi connectivity index (χ0) is 38.5. The third-order valence-electron chi connectivity index (χ3n) is 7.28. The largest absolute Gasteiger partial charge is 0.347 e. The SMILES string of the molecule is CC[NH2+]CC.Fc1c(F)c(F)c([B-](c2c(F)c(F)c(F)c(F)c2F)(c2c(F)c(F)c(F)c(F)c2F)c2c(F)c(F)c(F)c(F)c2F)c(F)c1F. The van der Waals surface area contributed by atoms with Crippen molar-refractivity contribution in [3.8, 4) is 0 Å². The molecule has 0 fully saturated rings. The molecule has 0 saturated carbocycles. The number of hydrogen-bond donors (Lipinski definition) is 1. The van der Waals surface area contributed by atoms with Crippen molar-refractivity contribution in [2.75, 3.05) is 13.1 Å². The van der Waals surface area contributed by atoms with E-state index in [2.05, 4.69) is 19.2 Å². The molecular weight excluding hydrogens is 741 g/mol. The molecule has 0 aromatic heterocycles. The fraction of sp³-hybridized carbons (Fsp3) is 0.143. The molecule has 1 nitrogen and oxygen atoms in total. The van der Waals surface area contributed by atoms with Crippen LogP contribution >= 0.6 is 0 Å². The summed E-state index contributed by atoms with van der Waals surface area (Å²) < 4.78 is 294. The van der Waals surface area contributed by atoms with Gasteiger partial charge in [-0.2, -0.15) is 0 Å². The molecule has 0 atom stereocenters. The zero-order valence-corrected chi connectivity index (χ0v) is 24.1. The van der Waals surface area contributed by atoms with E-state index in [1.54, 1.807) is 0 Å². The molecule has 50 heavy (non-hydrogen) atoms. The first kappa shape index (κ1) is 39.9. The third-order valence-corrected chi connectivity index (χ3v) is 7.28. The quantitative estimate of drug-likeness (QED) is 0.117. The molecule has 0 unspecified atom stereocenters. The summed E-state index contributed by atoms with van der Waals surface area (Å²) in [7, 11) is 0. The highest BCUT2D eigenvalue weighted by Gasteiger charge is 2.52. The van der Waals surface area contributed by atoms with Crippen molar-refractivity contribution in [3.05, 3.63) is 116 Å². The van der Waals surface area contributed by atoms with E-state index in [0.717, 1.165) is 0 Å². The van der Waals surface area contributed by atoms with Crippen LogP contribution < -0.4 is 27.2 Å². The average Bonchev–Trinajstić information content (AvgIpc) is 3.08. The molecule has 0 aliphatic heterocycles. The third kappa shape index (κ3) is 5.69. The van der Waals surface area contributed by atoms with Gasteiger partial charge in [0, 0.05) is 0 Å². The fourth-order valence-corrected chi connectivity index (χ4v) is 5.16. The van der Waals surface area contributed by atoms with Crippen LogP contribution in [0.1, 0.15) is 13.8 Å². The molecule has 4 aromatic carbocycles. The van der Waals surface area contributed by atoms with Crippen LogP contribution in [-0.2, 0) is 0 Å². The van der Waals surface area contributed by atoms with E-state index in [-0.39, 0.29) is 0 Å². The maximum Gasteiger partial charge on any atom is 0.200 e. The van der Waals surface area contributed by atoms with Crippen molar-refractivity contribution in [3.63, 3.8) is 0 Å². The summed E-state index contributed by atoms with van der Waals surface area (Å²) in [5.74, 6) is -71.4. The molecule has 0 saturated heterocycles. The second-order valence-electron chi connectivity index (χ2n) is 9.91. The first-order chi connectivity index (χ1) is 23.1. The highest BCUT2D eigenvalue weighted by Crippen LogP contribution is 2.30. The molecule has 4 aromatic rings. The van der Waals surface area contributed by atoms with Crippen LogP contribution in [0.4, 0.5) is 87.8 Å². The molecule has 0 amide bonds. The van der Waals surface area contributed by atoms with Gasteiger partial charge in [-0.3, -0.25) is 0 Å². The van der Waals surface area contributed by atoms with Crippen LogP contribution in [0.3, 0.4) is 0 Å². The summed E-state index contributed by atoms with van der Waals surface area (Å²) in [6, 6.07) is 0. The number of quaternary nitrogens is 1. The lowest BCUT2D eigenvalue weighted by Crippen LogP contribution is -2.82. The van der Waals surface area contributed by atoms with Gasteiger partial charge in [-0.1, -0.05) is 0 Å². The van der Waals surface area contributed by atoms with Gasteiger partial charge in [-0.25, -0.2) is 87.8 Å². The molecule has 0 bridgehead atoms. The smallest absolute Gasteiger partial charge is 0.200 e. The number of nitrogens with two attached hydrogens (primary N) is 1. The second kappa shape index (κ2) is 14.4. The van der Waals surface area contributed by atoms with Crippen molar-refractivity contribution in [1.29, 1.82) is 0 Å². The summed E-state index contributed by atoms with van der Waals surface area (Å²) >= 11 is 0. The van der Waals surface area contributed by atoms with E-state index >= 15 is 35.1 Å². The minimum absolute atomic E-state index is 1.22. The summed E-state index contributed by atoms with van der Waals surface area (Å²) in [4.78, 5) is 0. The average molecular weight is 753 g/mol. The molecule has 22 heteroatoms. The fourth-order valence-electron chi connectivity index (χ4n) is 5.16. The lowest BCUT2D eigenvalue weighted by atomic mass is 9.12. The van der Waals surface area contributed by atoms with Gasteiger partial charge in [-0.15, -0.1) is 21.9 Å². The van der Waals surface area contributed by atoms with E-state index in [9.17, 15) is 52.7 Å². The highest BCUT2D eigenvalue weighted by atomic mass is 19.2. The van der Waals surface area contributed by atoms with Gasteiger partial charge in [0.1, 0.15) is 52.7 Å². The summed E-state index contributed by atoms with van der Waals surface area (Å²) in [5.41, 5.74) is -14.3. The molecule has 0 radical (unpaired) electrons. The first-order valence-electron chi connectivity index (χ1n) is 13.2. The van der Waals surface area contributed by atoms with Gasteiger partial charge in [0.2, 0.25) is 0 Å². The van der Waals surface area contributed by atoms with Crippen LogP contribution in [0.25, 0.3) is 0 Å². The molecule has 4 rings (SSSR count). The van der Waals surface area contributed by atoms with Gasteiger partial charge in [0.25, 0.3) is 0 Å². The number of halogens is 20. The predicted molar refractivity (Wildman–Crippen MR) is 132 cm³/mol. The molecule has 0 aliphatic carbocycles. The van der Waals surface area contributed by atoms with Crippen LogP contribution in [0, 0.1) is 116 Å². The number of benzene rings is 4. The van der Waals surface area contributed by atoms with Gasteiger partial charge < -0.3 is 5.32 Å². The zero-order valence-electron chi connectivity index (χ0n) is 24.1. The van der Waals surface area contributed by atoms with Gasteiger partial charge in [0.15, 0.2) is 69.8 Å². The Morgan fingerprint density at radius 1 is 0.260 bits per heavy atom. The minimum atomic E-state index is -7.22. The van der Waals surface area contributed by atoms with Crippen molar-refractivity contribution < 1.29 is 93.1 Å². The Hall–Kier alpha value is -4.50. The van der Waals surface area contributed by atoms with Crippen LogP contribution in [0.15, 0.2) is 0 Å². The maximum absolute atomic E-state index is 15.4. The minimum Gasteiger partial charge on any atom is -0.347 e. The highest BCUT2D eigenvalue weighted by molar-refractivity contribution is 7.20. The van der Waals surface area contributed by atoms with Crippen molar-refractivity contribution in [1.82, 2.24) is 0 Å². The summed E-state index contributed by atoms with van der Waals surface area (Å²) in [6.07, 6.45) is -7.22. The normalized spacial score (nSPS) is 11.6. The lowest BCUT2D eigenvalue weighted by Gasteiger charge is -2.44. The van der Waals surface area contributed by atoms with E-state index in [4.69, 9.17) is 0 Å². The molecule has 2 N–H and O–H groups in total. The Labute approximate surface area is 265 Å². The van der Waals surface area contributed by atoms with E-state index < -0.39 is 144 Å². The van der Waals surface area contributed by atoms with Crippen LogP contribution in [0.2, 0.25) is 0 Å². The Morgan fingerprint density at radius 2 is 0.380 bits per heavy atom. The standard InChI is InChI=1S/C24BF20.C4H11N/c26-5-1(6(27)14(35)21(42)13(5)34)25(2-7(28)15(36)22(43)16(37)8(2)29,3-9(30)17(38)23(44)18(39)10(3)31)4-11(32)19(40)24(45)20(41)12(4)33;1-3-5-4-2/h;5H,3-4H2,1-2H3/q-1;/p+1. The molecule has 0 heterocycles. The Morgan fingerprint density at radius 3 is 0.480 bits per heavy atom. The number of hydrogen-bond acceptors (Lipinski definition) is 0. The van der Waals surface area contributed by atoms with Crippen LogP contribution in [0.5, 0.6) is 0 Å². The Kier molecular flexibility index (Phi) is 11.5. The maximum atomic E-state index is 15.4. The van der Waals surface area contributed by atoms with Crippen molar-refractivity contribution in [2.24, 2.45) is 0 Å². The van der Waals surface area contributed by atoms with E-state index in [1.807, 2.05) is 0 Å². The van der Waals surface area contributed by atoms with E-state index in [1.165, 1.54) is 13.1 Å². The van der Waals surface area contributed by atoms with Crippen molar-refractivity contribution in [2.45, 2.75) is 13.8 Å². The van der Waals surface area contributed by atoms with Gasteiger partial charge in [-0.05, 0) is 13.8 Å².